The lowest BCUT2D eigenvalue weighted by atomic mass is 9.99. The van der Waals surface area contributed by atoms with E-state index in [1.165, 1.54) is 19.2 Å². The number of benzene rings is 1. The number of aromatic nitrogens is 1. The van der Waals surface area contributed by atoms with Crippen molar-refractivity contribution in [3.8, 4) is 5.75 Å². The number of carbonyl (C=O) groups excluding carboxylic acids is 3. The molecule has 3 heterocycles. The molecule has 9 nitrogen and oxygen atoms in total. The summed E-state index contributed by atoms with van der Waals surface area (Å²) >= 11 is 0. The van der Waals surface area contributed by atoms with E-state index >= 15 is 0 Å². The molecule has 0 spiro atoms. The van der Waals surface area contributed by atoms with Crippen molar-refractivity contribution in [1.82, 2.24) is 10.3 Å². The van der Waals surface area contributed by atoms with E-state index in [0.717, 1.165) is 0 Å². The summed E-state index contributed by atoms with van der Waals surface area (Å²) in [4.78, 5) is 40.8. The van der Waals surface area contributed by atoms with E-state index in [1.807, 2.05) is 0 Å². The molecule has 0 unspecified atom stereocenters. The van der Waals surface area contributed by atoms with E-state index in [9.17, 15) is 23.9 Å². The molecule has 1 amide bonds. The third kappa shape index (κ3) is 5.83. The zero-order valence-electron chi connectivity index (χ0n) is 19.3. The van der Waals surface area contributed by atoms with Crippen molar-refractivity contribution in [2.45, 2.75) is 44.2 Å². The lowest BCUT2D eigenvalue weighted by molar-refractivity contribution is -0.140. The van der Waals surface area contributed by atoms with Crippen molar-refractivity contribution in [3.63, 3.8) is 0 Å². The molecule has 1 aromatic heterocycles. The molecule has 0 saturated carbocycles. The van der Waals surface area contributed by atoms with Gasteiger partial charge in [0, 0.05) is 31.4 Å². The average molecular weight is 486 g/mol. The van der Waals surface area contributed by atoms with Crippen LogP contribution in [0.25, 0.3) is 0 Å². The van der Waals surface area contributed by atoms with Gasteiger partial charge in [0.1, 0.15) is 17.3 Å². The van der Waals surface area contributed by atoms with E-state index in [4.69, 9.17) is 9.47 Å². The first-order valence-electron chi connectivity index (χ1n) is 11.5. The molecule has 10 heteroatoms. The van der Waals surface area contributed by atoms with Crippen LogP contribution in [0.5, 0.6) is 5.75 Å². The number of halogens is 1. The number of aliphatic hydroxyl groups is 1. The summed E-state index contributed by atoms with van der Waals surface area (Å²) in [5, 5.41) is 12.9. The molecule has 186 valence electrons. The zero-order chi connectivity index (χ0) is 24.9. The van der Waals surface area contributed by atoms with Crippen LogP contribution in [0.2, 0.25) is 0 Å². The van der Waals surface area contributed by atoms with Crippen LogP contribution in [-0.2, 0) is 27.1 Å². The predicted octanol–water partition coefficient (Wildman–Crippen LogP) is 1.76. The minimum absolute atomic E-state index is 0.0936. The van der Waals surface area contributed by atoms with Crippen LogP contribution < -0.4 is 10.1 Å². The number of hydrogen-bond acceptors (Lipinski definition) is 8. The summed E-state index contributed by atoms with van der Waals surface area (Å²) in [7, 11) is 1.23. The number of amides is 1. The van der Waals surface area contributed by atoms with Gasteiger partial charge >= 0.3 is 5.97 Å². The second-order valence-corrected chi connectivity index (χ2v) is 8.54. The Morgan fingerprint density at radius 3 is 2.80 bits per heavy atom. The summed E-state index contributed by atoms with van der Waals surface area (Å²) in [6.07, 6.45) is 0.255. The van der Waals surface area contributed by atoms with Crippen LogP contribution in [-0.4, -0.2) is 66.8 Å². The summed E-state index contributed by atoms with van der Waals surface area (Å²) in [5.41, 5.74) is 2.01. The first-order valence-corrected chi connectivity index (χ1v) is 11.5. The molecule has 4 rings (SSSR count). The Morgan fingerprint density at radius 1 is 1.23 bits per heavy atom. The van der Waals surface area contributed by atoms with Gasteiger partial charge in [-0.05, 0) is 30.2 Å². The SMILES string of the molecule is COC(=O)CCC(=O)c1ccc(Cc2cc(C(=O)N[C@H]3CCOC[C@@H]3O)nc3c2OCC3)cc1F. The van der Waals surface area contributed by atoms with Crippen LogP contribution >= 0.6 is 0 Å². The van der Waals surface area contributed by atoms with E-state index in [0.29, 0.717) is 48.6 Å². The standard InChI is InChI=1S/C25H27FN2O7/c1-33-23(31)5-4-21(29)16-3-2-14(11-17(16)26)10-15-12-20(27-19-7-9-35-24(15)19)25(32)28-18-6-8-34-13-22(18)30/h2-3,11-12,18,22,30H,4-10,13H2,1H3,(H,28,32)/t18-,22-/m0/s1. The van der Waals surface area contributed by atoms with Gasteiger partial charge in [-0.1, -0.05) is 6.07 Å². The van der Waals surface area contributed by atoms with Gasteiger partial charge in [-0.15, -0.1) is 0 Å². The van der Waals surface area contributed by atoms with Crippen molar-refractivity contribution in [1.29, 1.82) is 0 Å². The Hall–Kier alpha value is -3.37. The summed E-state index contributed by atoms with van der Waals surface area (Å²) in [6.45, 7) is 1.04. The van der Waals surface area contributed by atoms with Crippen molar-refractivity contribution >= 4 is 17.7 Å². The number of pyridine rings is 1. The molecule has 0 radical (unpaired) electrons. The fraction of sp³-hybridized carbons (Fsp3) is 0.440. The molecule has 1 fully saturated rings. The number of aliphatic hydroxyl groups excluding tert-OH is 1. The number of rotatable bonds is 8. The normalized spacial score (nSPS) is 18.9. The number of Topliss-reactive ketones (excluding diaryl/α,β-unsaturated/α-hetero) is 1. The highest BCUT2D eigenvalue weighted by Crippen LogP contribution is 2.31. The van der Waals surface area contributed by atoms with Crippen LogP contribution in [0.4, 0.5) is 4.39 Å². The van der Waals surface area contributed by atoms with Crippen molar-refractivity contribution < 1.29 is 38.1 Å². The van der Waals surface area contributed by atoms with Crippen LogP contribution in [0.1, 0.15) is 56.9 Å². The number of fused-ring (bicyclic) bond motifs is 1. The summed E-state index contributed by atoms with van der Waals surface area (Å²) < 4.78 is 30.1. The third-order valence-electron chi connectivity index (χ3n) is 6.09. The number of ketones is 1. The van der Waals surface area contributed by atoms with Gasteiger partial charge < -0.3 is 24.6 Å². The van der Waals surface area contributed by atoms with E-state index < -0.39 is 35.6 Å². The zero-order valence-corrected chi connectivity index (χ0v) is 19.3. The van der Waals surface area contributed by atoms with Gasteiger partial charge in [-0.25, -0.2) is 9.37 Å². The van der Waals surface area contributed by atoms with Crippen LogP contribution in [0, 0.1) is 5.82 Å². The molecule has 0 bridgehead atoms. The predicted molar refractivity (Wildman–Crippen MR) is 121 cm³/mol. The average Bonchev–Trinajstić information content (AvgIpc) is 3.33. The number of carbonyl (C=O) groups is 3. The molecule has 2 atom stereocenters. The highest BCUT2D eigenvalue weighted by atomic mass is 19.1. The van der Waals surface area contributed by atoms with E-state index in [2.05, 4.69) is 15.0 Å². The molecule has 1 saturated heterocycles. The molecule has 0 aliphatic carbocycles. The second-order valence-electron chi connectivity index (χ2n) is 8.54. The topological polar surface area (TPSA) is 124 Å². The second kappa shape index (κ2) is 10.9. The van der Waals surface area contributed by atoms with Gasteiger partial charge in [0.2, 0.25) is 0 Å². The number of hydrogen-bond donors (Lipinski definition) is 2. The smallest absolute Gasteiger partial charge is 0.305 e. The Kier molecular flexibility index (Phi) is 7.72. The highest BCUT2D eigenvalue weighted by molar-refractivity contribution is 5.97. The van der Waals surface area contributed by atoms with Crippen molar-refractivity contribution in [3.05, 3.63) is 58.2 Å². The minimum Gasteiger partial charge on any atom is -0.491 e. The summed E-state index contributed by atoms with van der Waals surface area (Å²) in [6, 6.07) is 5.48. The van der Waals surface area contributed by atoms with Gasteiger partial charge in [0.15, 0.2) is 5.78 Å². The first-order chi connectivity index (χ1) is 16.9. The third-order valence-corrected chi connectivity index (χ3v) is 6.09. The van der Waals surface area contributed by atoms with Crippen molar-refractivity contribution in [2.24, 2.45) is 0 Å². The number of nitrogens with zero attached hydrogens (tertiary/aromatic N) is 1. The highest BCUT2D eigenvalue weighted by Gasteiger charge is 2.28. The molecule has 2 aliphatic heterocycles. The quantitative estimate of drug-likeness (QED) is 0.427. The van der Waals surface area contributed by atoms with E-state index in [1.54, 1.807) is 12.1 Å². The van der Waals surface area contributed by atoms with Gasteiger partial charge in [0.25, 0.3) is 5.91 Å². The van der Waals surface area contributed by atoms with Crippen molar-refractivity contribution in [2.75, 3.05) is 26.9 Å². The number of nitrogens with one attached hydrogen (secondary N) is 1. The minimum atomic E-state index is -0.790. The number of methoxy groups -OCH3 is 1. The first kappa shape index (κ1) is 24.7. The molecule has 2 aliphatic rings. The Bertz CT molecular complexity index is 1140. The molecular formula is C25H27FN2O7. The van der Waals surface area contributed by atoms with Gasteiger partial charge in [-0.2, -0.15) is 0 Å². The molecular weight excluding hydrogens is 459 g/mol. The maximum atomic E-state index is 14.7. The maximum Gasteiger partial charge on any atom is 0.305 e. The largest absolute Gasteiger partial charge is 0.491 e. The van der Waals surface area contributed by atoms with Crippen LogP contribution in [0.3, 0.4) is 0 Å². The molecule has 1 aromatic carbocycles. The Morgan fingerprint density at radius 2 is 2.06 bits per heavy atom. The van der Waals surface area contributed by atoms with Gasteiger partial charge in [0.05, 0.1) is 50.1 Å². The monoisotopic (exact) mass is 486 g/mol. The molecule has 2 N–H and O–H groups in total. The van der Waals surface area contributed by atoms with Gasteiger partial charge in [-0.3, -0.25) is 14.4 Å². The van der Waals surface area contributed by atoms with E-state index in [-0.39, 0.29) is 37.1 Å². The molecule has 35 heavy (non-hydrogen) atoms. The Balaban J connectivity index is 1.51. The fourth-order valence-electron chi connectivity index (χ4n) is 4.19. The number of ether oxygens (including phenoxy) is 3. The maximum absolute atomic E-state index is 14.7. The lowest BCUT2D eigenvalue weighted by Gasteiger charge is -2.28. The number of esters is 1. The Labute approximate surface area is 201 Å². The summed E-state index contributed by atoms with van der Waals surface area (Å²) in [5.74, 6) is -1.54. The lowest BCUT2D eigenvalue weighted by Crippen LogP contribution is -2.48. The molecule has 2 aromatic rings. The fourth-order valence-corrected chi connectivity index (χ4v) is 4.19. The van der Waals surface area contributed by atoms with Crippen LogP contribution in [0.15, 0.2) is 24.3 Å².